The molecule has 0 aliphatic heterocycles. The lowest BCUT2D eigenvalue weighted by Crippen LogP contribution is -2.24. The van der Waals surface area contributed by atoms with Crippen molar-refractivity contribution in [1.82, 2.24) is 5.32 Å². The maximum atomic E-state index is 12.4. The molecule has 4 nitrogen and oxygen atoms in total. The summed E-state index contributed by atoms with van der Waals surface area (Å²) in [5.41, 5.74) is 4.16. The smallest absolute Gasteiger partial charge is 0.335 e. The second-order valence-corrected chi connectivity index (χ2v) is 5.49. The predicted molar refractivity (Wildman–Crippen MR) is 83.0 cm³/mol. The minimum absolute atomic E-state index is 0.0977. The molecule has 0 heterocycles. The molecule has 1 aliphatic carbocycles. The van der Waals surface area contributed by atoms with Gasteiger partial charge in [-0.3, -0.25) is 4.79 Å². The predicted octanol–water partition coefficient (Wildman–Crippen LogP) is 2.80. The number of carbonyl (C=O) groups is 2. The number of carboxylic acids is 1. The van der Waals surface area contributed by atoms with Crippen molar-refractivity contribution in [1.29, 1.82) is 0 Å². The fraction of sp³-hybridized carbons (Fsp3) is 0.222. The quantitative estimate of drug-likeness (QED) is 0.911. The van der Waals surface area contributed by atoms with Crippen LogP contribution in [-0.2, 0) is 19.4 Å². The lowest BCUT2D eigenvalue weighted by Gasteiger charge is -2.10. The summed E-state index contributed by atoms with van der Waals surface area (Å²) in [7, 11) is 0. The van der Waals surface area contributed by atoms with E-state index in [9.17, 15) is 9.59 Å². The van der Waals surface area contributed by atoms with E-state index in [0.717, 1.165) is 36.0 Å². The third kappa shape index (κ3) is 2.86. The minimum atomic E-state index is -0.964. The average molecular weight is 295 g/mol. The number of carboxylic acid groups (broad SMARTS) is 1. The molecule has 0 saturated carbocycles. The molecule has 4 heteroatoms. The summed E-state index contributed by atoms with van der Waals surface area (Å²) in [6, 6.07) is 12.5. The highest BCUT2D eigenvalue weighted by Gasteiger charge is 2.18. The molecule has 2 N–H and O–H groups in total. The van der Waals surface area contributed by atoms with Gasteiger partial charge in [-0.1, -0.05) is 24.3 Å². The van der Waals surface area contributed by atoms with Gasteiger partial charge < -0.3 is 10.4 Å². The molecule has 0 spiro atoms. The highest BCUT2D eigenvalue weighted by molar-refractivity contribution is 5.96. The van der Waals surface area contributed by atoms with Crippen LogP contribution in [0.25, 0.3) is 0 Å². The largest absolute Gasteiger partial charge is 0.478 e. The van der Waals surface area contributed by atoms with Crippen molar-refractivity contribution in [2.24, 2.45) is 0 Å². The first-order valence-corrected chi connectivity index (χ1v) is 7.36. The Bertz CT molecular complexity index is 737. The van der Waals surface area contributed by atoms with Crippen LogP contribution in [0.5, 0.6) is 0 Å². The standard InChI is InChI=1S/C18H17NO3/c20-17(16-9-3-6-13-5-2-8-15(13)16)19-11-12-4-1-7-14(10-12)18(21)22/h1,3-4,6-7,9-10H,2,5,8,11H2,(H,19,20)(H,21,22). The summed E-state index contributed by atoms with van der Waals surface area (Å²) in [4.78, 5) is 23.3. The van der Waals surface area contributed by atoms with E-state index in [4.69, 9.17) is 5.11 Å². The molecule has 2 aromatic carbocycles. The Hall–Kier alpha value is -2.62. The Kier molecular flexibility index (Phi) is 3.92. The zero-order valence-electron chi connectivity index (χ0n) is 12.1. The van der Waals surface area contributed by atoms with E-state index in [0.29, 0.717) is 6.54 Å². The summed E-state index contributed by atoms with van der Waals surface area (Å²) >= 11 is 0. The van der Waals surface area contributed by atoms with E-state index >= 15 is 0 Å². The monoisotopic (exact) mass is 295 g/mol. The van der Waals surface area contributed by atoms with E-state index in [1.165, 1.54) is 11.6 Å². The molecule has 2 aromatic rings. The first kappa shape index (κ1) is 14.3. The second kappa shape index (κ2) is 6.02. The van der Waals surface area contributed by atoms with E-state index < -0.39 is 5.97 Å². The van der Waals surface area contributed by atoms with Crippen LogP contribution in [0, 0.1) is 0 Å². The van der Waals surface area contributed by atoms with E-state index in [2.05, 4.69) is 11.4 Å². The number of aromatic carboxylic acids is 1. The molecule has 3 rings (SSSR count). The fourth-order valence-electron chi connectivity index (χ4n) is 2.92. The van der Waals surface area contributed by atoms with Crippen molar-refractivity contribution in [2.45, 2.75) is 25.8 Å². The van der Waals surface area contributed by atoms with Gasteiger partial charge in [-0.2, -0.15) is 0 Å². The van der Waals surface area contributed by atoms with E-state index in [1.807, 2.05) is 18.2 Å². The van der Waals surface area contributed by atoms with Gasteiger partial charge in [0.2, 0.25) is 0 Å². The van der Waals surface area contributed by atoms with Crippen LogP contribution in [0.4, 0.5) is 0 Å². The molecule has 0 saturated heterocycles. The van der Waals surface area contributed by atoms with Crippen molar-refractivity contribution in [3.05, 3.63) is 70.3 Å². The SMILES string of the molecule is O=C(O)c1cccc(CNC(=O)c2cccc3c2CCC3)c1. The molecular formula is C18H17NO3. The number of carbonyl (C=O) groups excluding carboxylic acids is 1. The van der Waals surface area contributed by atoms with Crippen LogP contribution in [0.2, 0.25) is 0 Å². The molecule has 22 heavy (non-hydrogen) atoms. The van der Waals surface area contributed by atoms with Crippen LogP contribution in [0.15, 0.2) is 42.5 Å². The Balaban J connectivity index is 1.72. The molecule has 1 aliphatic rings. The van der Waals surface area contributed by atoms with Crippen LogP contribution < -0.4 is 5.32 Å². The van der Waals surface area contributed by atoms with Crippen LogP contribution in [0.3, 0.4) is 0 Å². The van der Waals surface area contributed by atoms with Crippen LogP contribution in [0.1, 0.15) is 43.8 Å². The second-order valence-electron chi connectivity index (χ2n) is 5.49. The highest BCUT2D eigenvalue weighted by Crippen LogP contribution is 2.25. The lowest BCUT2D eigenvalue weighted by molar-refractivity contribution is 0.0696. The molecule has 0 fully saturated rings. The molecule has 0 atom stereocenters. The number of amides is 1. The maximum absolute atomic E-state index is 12.4. The molecule has 0 unspecified atom stereocenters. The van der Waals surface area contributed by atoms with Gasteiger partial charge in [-0.25, -0.2) is 4.79 Å². The maximum Gasteiger partial charge on any atom is 0.335 e. The first-order valence-electron chi connectivity index (χ1n) is 7.36. The summed E-state index contributed by atoms with van der Waals surface area (Å²) < 4.78 is 0. The van der Waals surface area contributed by atoms with Crippen molar-refractivity contribution >= 4 is 11.9 Å². The van der Waals surface area contributed by atoms with Gasteiger partial charge >= 0.3 is 5.97 Å². The molecule has 0 radical (unpaired) electrons. The zero-order valence-corrected chi connectivity index (χ0v) is 12.1. The van der Waals surface area contributed by atoms with Crippen molar-refractivity contribution in [3.63, 3.8) is 0 Å². The number of hydrogen-bond donors (Lipinski definition) is 2. The van der Waals surface area contributed by atoms with Crippen LogP contribution in [-0.4, -0.2) is 17.0 Å². The fourth-order valence-corrected chi connectivity index (χ4v) is 2.92. The first-order chi connectivity index (χ1) is 10.6. The Morgan fingerprint density at radius 3 is 2.73 bits per heavy atom. The number of rotatable bonds is 4. The molecule has 1 amide bonds. The Morgan fingerprint density at radius 1 is 1.09 bits per heavy atom. The van der Waals surface area contributed by atoms with Gasteiger partial charge in [0, 0.05) is 12.1 Å². The summed E-state index contributed by atoms with van der Waals surface area (Å²) in [6.45, 7) is 0.323. The van der Waals surface area contributed by atoms with Gasteiger partial charge in [0.15, 0.2) is 0 Å². The third-order valence-corrected chi connectivity index (χ3v) is 4.02. The third-order valence-electron chi connectivity index (χ3n) is 4.02. The van der Waals surface area contributed by atoms with Gasteiger partial charge in [-0.15, -0.1) is 0 Å². The number of benzene rings is 2. The highest BCUT2D eigenvalue weighted by atomic mass is 16.4. The Morgan fingerprint density at radius 2 is 1.91 bits per heavy atom. The van der Waals surface area contributed by atoms with Crippen molar-refractivity contribution in [3.8, 4) is 0 Å². The normalized spacial score (nSPS) is 12.7. The van der Waals surface area contributed by atoms with Gasteiger partial charge in [0.1, 0.15) is 0 Å². The number of hydrogen-bond acceptors (Lipinski definition) is 2. The zero-order chi connectivity index (χ0) is 15.5. The summed E-state index contributed by atoms with van der Waals surface area (Å²) in [5, 5.41) is 11.9. The number of fused-ring (bicyclic) bond motifs is 1. The average Bonchev–Trinajstić information content (AvgIpc) is 3.01. The summed E-state index contributed by atoms with van der Waals surface area (Å²) in [5.74, 6) is -1.06. The van der Waals surface area contributed by atoms with Crippen molar-refractivity contribution < 1.29 is 14.7 Å². The molecule has 0 aromatic heterocycles. The van der Waals surface area contributed by atoms with Gasteiger partial charge in [-0.05, 0) is 54.2 Å². The van der Waals surface area contributed by atoms with Gasteiger partial charge in [0.25, 0.3) is 5.91 Å². The van der Waals surface area contributed by atoms with Gasteiger partial charge in [0.05, 0.1) is 5.56 Å². The van der Waals surface area contributed by atoms with Crippen LogP contribution >= 0.6 is 0 Å². The Labute approximate surface area is 128 Å². The topological polar surface area (TPSA) is 66.4 Å². The number of aryl methyl sites for hydroxylation is 1. The minimum Gasteiger partial charge on any atom is -0.478 e. The van der Waals surface area contributed by atoms with E-state index in [-0.39, 0.29) is 11.5 Å². The molecular weight excluding hydrogens is 278 g/mol. The molecule has 0 bridgehead atoms. The molecule has 112 valence electrons. The van der Waals surface area contributed by atoms with E-state index in [1.54, 1.807) is 12.1 Å². The lowest BCUT2D eigenvalue weighted by atomic mass is 10.0. The number of nitrogens with one attached hydrogen (secondary N) is 1. The van der Waals surface area contributed by atoms with Crippen molar-refractivity contribution in [2.75, 3.05) is 0 Å². The summed E-state index contributed by atoms with van der Waals surface area (Å²) in [6.07, 6.45) is 3.09.